The molecule has 0 atom stereocenters. The van der Waals surface area contributed by atoms with Crippen LogP contribution in [0.25, 0.3) is 0 Å². The van der Waals surface area contributed by atoms with E-state index in [1.54, 1.807) is 13.2 Å². The Morgan fingerprint density at radius 2 is 1.78 bits per heavy atom. The average Bonchev–Trinajstić information content (AvgIpc) is 2.58. The second kappa shape index (κ2) is 6.93. The summed E-state index contributed by atoms with van der Waals surface area (Å²) >= 11 is 6.12. The normalized spacial score (nSPS) is 10.2. The molecule has 2 aromatic carbocycles. The van der Waals surface area contributed by atoms with Gasteiger partial charge in [-0.2, -0.15) is 10.1 Å². The Bertz CT molecular complexity index is 794. The summed E-state index contributed by atoms with van der Waals surface area (Å²) in [6.07, 6.45) is 1.53. The summed E-state index contributed by atoms with van der Waals surface area (Å²) in [6, 6.07) is 14.9. The zero-order valence-electron chi connectivity index (χ0n) is 12.3. The average molecular weight is 328 g/mol. The number of benzene rings is 2. The molecule has 0 aliphatic carbocycles. The van der Waals surface area contributed by atoms with E-state index in [1.165, 1.54) is 6.20 Å². The molecule has 6 nitrogen and oxygen atoms in total. The van der Waals surface area contributed by atoms with E-state index in [4.69, 9.17) is 16.3 Å². The molecule has 0 saturated carbocycles. The van der Waals surface area contributed by atoms with Gasteiger partial charge < -0.3 is 15.4 Å². The third kappa shape index (κ3) is 3.87. The van der Waals surface area contributed by atoms with Crippen LogP contribution in [0.4, 0.5) is 23.1 Å². The molecule has 1 heterocycles. The molecule has 0 saturated heterocycles. The molecule has 0 amide bonds. The Kier molecular flexibility index (Phi) is 4.54. The van der Waals surface area contributed by atoms with Crippen LogP contribution < -0.4 is 15.4 Å². The summed E-state index contributed by atoms with van der Waals surface area (Å²) < 4.78 is 5.12. The van der Waals surface area contributed by atoms with Gasteiger partial charge in [-0.3, -0.25) is 0 Å². The molecule has 0 aliphatic heterocycles. The number of anilines is 4. The SMILES string of the molecule is COc1ccc(Nc2nncc(Nc3ccccc3Cl)n2)cc1. The topological polar surface area (TPSA) is 72.0 Å². The molecule has 3 rings (SSSR count). The number of rotatable bonds is 5. The lowest BCUT2D eigenvalue weighted by Gasteiger charge is -2.09. The van der Waals surface area contributed by atoms with E-state index in [1.807, 2.05) is 42.5 Å². The van der Waals surface area contributed by atoms with Crippen molar-refractivity contribution >= 4 is 34.7 Å². The van der Waals surface area contributed by atoms with Crippen LogP contribution in [0.3, 0.4) is 0 Å². The molecule has 0 fully saturated rings. The van der Waals surface area contributed by atoms with Gasteiger partial charge in [-0.1, -0.05) is 23.7 Å². The number of hydrogen-bond acceptors (Lipinski definition) is 6. The van der Waals surface area contributed by atoms with Crippen molar-refractivity contribution in [2.75, 3.05) is 17.7 Å². The van der Waals surface area contributed by atoms with Gasteiger partial charge in [-0.05, 0) is 36.4 Å². The molecule has 2 N–H and O–H groups in total. The number of nitrogens with one attached hydrogen (secondary N) is 2. The molecule has 3 aromatic rings. The van der Waals surface area contributed by atoms with Gasteiger partial charge in [0.2, 0.25) is 5.95 Å². The van der Waals surface area contributed by atoms with E-state index in [0.717, 1.165) is 17.1 Å². The zero-order valence-corrected chi connectivity index (χ0v) is 13.1. The van der Waals surface area contributed by atoms with Gasteiger partial charge in [0, 0.05) is 5.69 Å². The lowest BCUT2D eigenvalue weighted by molar-refractivity contribution is 0.415. The third-order valence-electron chi connectivity index (χ3n) is 3.04. The minimum absolute atomic E-state index is 0.382. The van der Waals surface area contributed by atoms with E-state index in [2.05, 4.69) is 25.8 Å². The smallest absolute Gasteiger partial charge is 0.249 e. The van der Waals surface area contributed by atoms with Gasteiger partial charge >= 0.3 is 0 Å². The number of halogens is 1. The Hall–Kier alpha value is -2.86. The van der Waals surface area contributed by atoms with Crippen molar-refractivity contribution in [2.45, 2.75) is 0 Å². The maximum atomic E-state index is 6.12. The first-order chi connectivity index (χ1) is 11.2. The minimum atomic E-state index is 0.382. The van der Waals surface area contributed by atoms with Crippen molar-refractivity contribution in [1.82, 2.24) is 15.2 Å². The Morgan fingerprint density at radius 1 is 1.00 bits per heavy atom. The second-order valence-corrected chi connectivity index (χ2v) is 5.03. The lowest BCUT2D eigenvalue weighted by Crippen LogP contribution is -2.02. The molecular formula is C16H14ClN5O. The largest absolute Gasteiger partial charge is 0.497 e. The highest BCUT2D eigenvalue weighted by atomic mass is 35.5. The predicted molar refractivity (Wildman–Crippen MR) is 90.8 cm³/mol. The predicted octanol–water partition coefficient (Wildman–Crippen LogP) is 4.02. The van der Waals surface area contributed by atoms with E-state index in [9.17, 15) is 0 Å². The van der Waals surface area contributed by atoms with Crippen molar-refractivity contribution in [1.29, 1.82) is 0 Å². The number of nitrogens with zero attached hydrogens (tertiary/aromatic N) is 3. The summed E-state index contributed by atoms with van der Waals surface area (Å²) in [4.78, 5) is 4.36. The maximum Gasteiger partial charge on any atom is 0.249 e. The van der Waals surface area contributed by atoms with Crippen LogP contribution in [-0.4, -0.2) is 22.3 Å². The van der Waals surface area contributed by atoms with E-state index < -0.39 is 0 Å². The van der Waals surface area contributed by atoms with Crippen molar-refractivity contribution < 1.29 is 4.74 Å². The fourth-order valence-electron chi connectivity index (χ4n) is 1.92. The van der Waals surface area contributed by atoms with Crippen LogP contribution in [0, 0.1) is 0 Å². The monoisotopic (exact) mass is 327 g/mol. The van der Waals surface area contributed by atoms with Crippen molar-refractivity contribution in [3.63, 3.8) is 0 Å². The Labute approximate surface area is 138 Å². The number of hydrogen-bond donors (Lipinski definition) is 2. The van der Waals surface area contributed by atoms with Crippen molar-refractivity contribution in [3.8, 4) is 5.75 Å². The van der Waals surface area contributed by atoms with Crippen LogP contribution in [0.5, 0.6) is 5.75 Å². The molecule has 7 heteroatoms. The number of ether oxygens (including phenoxy) is 1. The highest BCUT2D eigenvalue weighted by Crippen LogP contribution is 2.24. The lowest BCUT2D eigenvalue weighted by atomic mass is 10.3. The molecule has 116 valence electrons. The maximum absolute atomic E-state index is 6.12. The van der Waals surface area contributed by atoms with Gasteiger partial charge in [0.05, 0.1) is 24.0 Å². The summed E-state index contributed by atoms with van der Waals surface area (Å²) in [6.45, 7) is 0. The van der Waals surface area contributed by atoms with Crippen LogP contribution in [0.2, 0.25) is 5.02 Å². The van der Waals surface area contributed by atoms with E-state index >= 15 is 0 Å². The first kappa shape index (κ1) is 15.1. The Balaban J connectivity index is 1.75. The van der Waals surface area contributed by atoms with Gasteiger partial charge in [0.25, 0.3) is 0 Å². The molecule has 0 unspecified atom stereocenters. The fraction of sp³-hybridized carbons (Fsp3) is 0.0625. The number of aromatic nitrogens is 3. The molecule has 0 bridgehead atoms. The number of methoxy groups -OCH3 is 1. The van der Waals surface area contributed by atoms with Crippen molar-refractivity contribution in [2.24, 2.45) is 0 Å². The van der Waals surface area contributed by atoms with E-state index in [-0.39, 0.29) is 0 Å². The number of para-hydroxylation sites is 1. The van der Waals surface area contributed by atoms with Crippen LogP contribution in [0.1, 0.15) is 0 Å². The molecule has 0 radical (unpaired) electrons. The Morgan fingerprint density at radius 3 is 2.52 bits per heavy atom. The molecule has 0 aliphatic rings. The van der Waals surface area contributed by atoms with E-state index in [0.29, 0.717) is 16.8 Å². The molecule has 1 aromatic heterocycles. The highest BCUT2D eigenvalue weighted by molar-refractivity contribution is 6.33. The first-order valence-corrected chi connectivity index (χ1v) is 7.25. The third-order valence-corrected chi connectivity index (χ3v) is 3.37. The fourth-order valence-corrected chi connectivity index (χ4v) is 2.10. The first-order valence-electron chi connectivity index (χ1n) is 6.87. The van der Waals surface area contributed by atoms with Crippen LogP contribution in [0.15, 0.2) is 54.7 Å². The minimum Gasteiger partial charge on any atom is -0.497 e. The van der Waals surface area contributed by atoms with Gasteiger partial charge in [0.1, 0.15) is 5.75 Å². The zero-order chi connectivity index (χ0) is 16.1. The molecule has 23 heavy (non-hydrogen) atoms. The van der Waals surface area contributed by atoms with Gasteiger partial charge in [-0.25, -0.2) is 0 Å². The summed E-state index contributed by atoms with van der Waals surface area (Å²) in [5.41, 5.74) is 1.59. The van der Waals surface area contributed by atoms with Crippen LogP contribution in [-0.2, 0) is 0 Å². The van der Waals surface area contributed by atoms with Crippen LogP contribution >= 0.6 is 11.6 Å². The standard InChI is InChI=1S/C16H14ClN5O/c1-23-12-8-6-11(7-9-12)19-16-21-15(10-18-22-16)20-14-5-3-2-4-13(14)17/h2-10H,1H3,(H2,19,20,21,22). The molecule has 0 spiro atoms. The highest BCUT2D eigenvalue weighted by Gasteiger charge is 2.04. The molecular weight excluding hydrogens is 314 g/mol. The second-order valence-electron chi connectivity index (χ2n) is 4.62. The summed E-state index contributed by atoms with van der Waals surface area (Å²) in [5, 5.41) is 14.7. The van der Waals surface area contributed by atoms with Crippen molar-refractivity contribution in [3.05, 3.63) is 59.8 Å². The van der Waals surface area contributed by atoms with Gasteiger partial charge in [0.15, 0.2) is 5.82 Å². The van der Waals surface area contributed by atoms with Gasteiger partial charge in [-0.15, -0.1) is 5.10 Å². The summed E-state index contributed by atoms with van der Waals surface area (Å²) in [7, 11) is 1.62. The quantitative estimate of drug-likeness (QED) is 0.737. The summed E-state index contributed by atoms with van der Waals surface area (Å²) in [5.74, 6) is 1.71.